The molecule has 1 aliphatic heterocycles. The minimum absolute atomic E-state index is 0.0530. The minimum Gasteiger partial charge on any atom is -0.304 e. The van der Waals surface area contributed by atoms with Crippen LogP contribution in [-0.2, 0) is 13.1 Å². The highest BCUT2D eigenvalue weighted by atomic mass is 32.2. The Labute approximate surface area is 276 Å². The van der Waals surface area contributed by atoms with Crippen LogP contribution in [0.5, 0.6) is 0 Å². The number of thioether (sulfide) groups is 1. The van der Waals surface area contributed by atoms with Gasteiger partial charge in [-0.3, -0.25) is 18.8 Å². The van der Waals surface area contributed by atoms with Crippen molar-refractivity contribution in [1.29, 1.82) is 0 Å². The molecule has 0 radical (unpaired) electrons. The van der Waals surface area contributed by atoms with Gasteiger partial charge in [-0.1, -0.05) is 0 Å². The molecule has 10 nitrogen and oxygen atoms in total. The topological polar surface area (TPSA) is 94.7 Å². The molecular formula is C34H33F3N8O2S. The Bertz CT molecular complexity index is 2180. The molecule has 2 aliphatic rings. The van der Waals surface area contributed by atoms with Crippen LogP contribution >= 0.6 is 11.8 Å². The second kappa shape index (κ2) is 12.5. The largest absolute Gasteiger partial charge is 0.333 e. The zero-order valence-corrected chi connectivity index (χ0v) is 26.8. The molecule has 6 aromatic rings. The van der Waals surface area contributed by atoms with Gasteiger partial charge in [-0.15, -0.1) is 0 Å². The number of hydrogen-bond donors (Lipinski definition) is 0. The first-order valence-corrected chi connectivity index (χ1v) is 17.4. The zero-order valence-electron chi connectivity index (χ0n) is 26.0. The molecule has 0 aromatic carbocycles. The molecule has 7 heterocycles. The lowest BCUT2D eigenvalue weighted by Gasteiger charge is -2.37. The molecule has 8 rings (SSSR count). The number of hydrogen-bond acceptors (Lipinski definition) is 7. The molecular weight excluding hydrogens is 641 g/mol. The highest BCUT2D eigenvalue weighted by Crippen LogP contribution is 2.33. The number of imidazole rings is 2. The van der Waals surface area contributed by atoms with E-state index in [1.165, 1.54) is 35.2 Å². The Morgan fingerprint density at radius 2 is 1.31 bits per heavy atom. The maximum Gasteiger partial charge on any atom is 0.333 e. The third-order valence-electron chi connectivity index (χ3n) is 9.69. The van der Waals surface area contributed by atoms with E-state index in [0.29, 0.717) is 50.1 Å². The van der Waals surface area contributed by atoms with Crippen molar-refractivity contribution in [2.75, 3.05) is 11.5 Å². The normalized spacial score (nSPS) is 19.2. The molecule has 6 aromatic heterocycles. The van der Waals surface area contributed by atoms with Crippen molar-refractivity contribution >= 4 is 34.1 Å². The molecule has 48 heavy (non-hydrogen) atoms. The van der Waals surface area contributed by atoms with Gasteiger partial charge in [0.1, 0.15) is 34.4 Å². The summed E-state index contributed by atoms with van der Waals surface area (Å²) >= 11 is 1.84. The predicted molar refractivity (Wildman–Crippen MR) is 177 cm³/mol. The summed E-state index contributed by atoms with van der Waals surface area (Å²) in [6, 6.07) is 6.81. The van der Waals surface area contributed by atoms with Crippen molar-refractivity contribution in [2.45, 2.75) is 69.7 Å². The summed E-state index contributed by atoms with van der Waals surface area (Å²) in [6.45, 7) is 0.905. The van der Waals surface area contributed by atoms with Crippen molar-refractivity contribution in [1.82, 2.24) is 37.8 Å². The van der Waals surface area contributed by atoms with Crippen LogP contribution in [0.1, 0.15) is 62.0 Å². The van der Waals surface area contributed by atoms with Gasteiger partial charge in [-0.05, 0) is 80.4 Å². The summed E-state index contributed by atoms with van der Waals surface area (Å²) in [4.78, 5) is 43.8. The van der Waals surface area contributed by atoms with E-state index < -0.39 is 11.4 Å². The Hall–Kier alpha value is -4.43. The predicted octanol–water partition coefficient (Wildman–Crippen LogP) is 5.53. The van der Waals surface area contributed by atoms with Crippen molar-refractivity contribution in [3.05, 3.63) is 111 Å². The van der Waals surface area contributed by atoms with E-state index in [1.54, 1.807) is 25.5 Å². The summed E-state index contributed by atoms with van der Waals surface area (Å²) in [7, 11) is 0. The molecule has 0 N–H and O–H groups in total. The third-order valence-corrected chi connectivity index (χ3v) is 10.7. The number of nitrogens with zero attached hydrogens (tertiary/aromatic N) is 8. The maximum absolute atomic E-state index is 14.4. The van der Waals surface area contributed by atoms with Crippen LogP contribution in [0.25, 0.3) is 22.3 Å². The Morgan fingerprint density at radius 3 is 1.92 bits per heavy atom. The SMILES string of the molecule is O=c1c2cc(F)cnc2n(C2CCSCC2)c(=O)n1C1CCC(N(Cc2cn3cc(F)ccc3n2)Cc2cn3cc(F)ccc3n2)CC1. The van der Waals surface area contributed by atoms with Crippen LogP contribution in [0.2, 0.25) is 0 Å². The van der Waals surface area contributed by atoms with E-state index in [4.69, 9.17) is 9.97 Å². The number of aromatic nitrogens is 7. The number of fused-ring (bicyclic) bond motifs is 3. The molecule has 2 fully saturated rings. The highest BCUT2D eigenvalue weighted by molar-refractivity contribution is 7.99. The summed E-state index contributed by atoms with van der Waals surface area (Å²) in [5.74, 6) is 0.481. The minimum atomic E-state index is -0.612. The van der Waals surface area contributed by atoms with Crippen LogP contribution in [0.4, 0.5) is 13.2 Å². The molecule has 248 valence electrons. The second-order valence-corrected chi connectivity index (χ2v) is 14.0. The monoisotopic (exact) mass is 674 g/mol. The van der Waals surface area contributed by atoms with Crippen LogP contribution in [0, 0.1) is 17.5 Å². The van der Waals surface area contributed by atoms with Gasteiger partial charge >= 0.3 is 5.69 Å². The van der Waals surface area contributed by atoms with Gasteiger partial charge in [-0.2, -0.15) is 11.8 Å². The van der Waals surface area contributed by atoms with Crippen molar-refractivity contribution < 1.29 is 13.2 Å². The summed E-state index contributed by atoms with van der Waals surface area (Å²) < 4.78 is 48.5. The fourth-order valence-electron chi connectivity index (χ4n) is 7.40. The van der Waals surface area contributed by atoms with E-state index in [1.807, 2.05) is 24.2 Å². The van der Waals surface area contributed by atoms with E-state index in [2.05, 4.69) is 9.88 Å². The molecule has 1 aliphatic carbocycles. The fraction of sp³-hybridized carbons (Fsp3) is 0.382. The third kappa shape index (κ3) is 5.80. The summed E-state index contributed by atoms with van der Waals surface area (Å²) in [5, 5.41) is 0.128. The number of rotatable bonds is 7. The van der Waals surface area contributed by atoms with Crippen LogP contribution in [-0.4, -0.2) is 55.3 Å². The average Bonchev–Trinajstić information content (AvgIpc) is 3.68. The maximum atomic E-state index is 14.4. The molecule has 0 unspecified atom stereocenters. The lowest BCUT2D eigenvalue weighted by Crippen LogP contribution is -2.46. The molecule has 0 amide bonds. The lowest BCUT2D eigenvalue weighted by atomic mass is 9.89. The molecule has 1 saturated heterocycles. The van der Waals surface area contributed by atoms with Gasteiger partial charge in [0.15, 0.2) is 0 Å². The summed E-state index contributed by atoms with van der Waals surface area (Å²) in [5.41, 5.74) is 2.15. The smallest absolute Gasteiger partial charge is 0.304 e. The Balaban J connectivity index is 1.10. The van der Waals surface area contributed by atoms with Crippen LogP contribution in [0.3, 0.4) is 0 Å². The van der Waals surface area contributed by atoms with Gasteiger partial charge in [0.05, 0.1) is 23.0 Å². The standard InChI is InChI=1S/C34H33F3N8O2S/c35-21-1-7-30-39-24(19-42(30)15-21)17-41(18-25-20-43-16-22(36)2-8-31(43)40-25)26-3-5-27(6-4-26)45-33(46)29-13-23(37)14-38-32(29)44(34(45)47)28-9-11-48-12-10-28/h1-2,7-8,13-16,19-20,26-28H,3-6,9-12,17-18H2. The first-order valence-electron chi connectivity index (χ1n) is 16.2. The van der Waals surface area contributed by atoms with Gasteiger partial charge < -0.3 is 8.80 Å². The number of halogens is 3. The molecule has 14 heteroatoms. The molecule has 0 bridgehead atoms. The lowest BCUT2D eigenvalue weighted by molar-refractivity contribution is 0.118. The number of pyridine rings is 3. The van der Waals surface area contributed by atoms with E-state index in [-0.39, 0.29) is 46.5 Å². The quantitative estimate of drug-likeness (QED) is 0.220. The Kier molecular flexibility index (Phi) is 8.07. The van der Waals surface area contributed by atoms with Crippen molar-refractivity contribution in [3.8, 4) is 0 Å². The van der Waals surface area contributed by atoms with Crippen molar-refractivity contribution in [2.24, 2.45) is 0 Å². The van der Waals surface area contributed by atoms with Crippen molar-refractivity contribution in [3.63, 3.8) is 0 Å². The highest BCUT2D eigenvalue weighted by Gasteiger charge is 2.32. The molecule has 0 atom stereocenters. The van der Waals surface area contributed by atoms with E-state index in [0.717, 1.165) is 41.9 Å². The fourth-order valence-corrected chi connectivity index (χ4v) is 8.48. The van der Waals surface area contributed by atoms with Gasteiger partial charge in [0.2, 0.25) is 0 Å². The van der Waals surface area contributed by atoms with Gasteiger partial charge in [0, 0.05) is 56.0 Å². The molecule has 0 spiro atoms. The second-order valence-electron chi connectivity index (χ2n) is 12.8. The van der Waals surface area contributed by atoms with Crippen LogP contribution in [0.15, 0.2) is 70.9 Å². The average molecular weight is 675 g/mol. The Morgan fingerprint density at radius 1 is 0.729 bits per heavy atom. The zero-order chi connectivity index (χ0) is 32.9. The first kappa shape index (κ1) is 30.9. The summed E-state index contributed by atoms with van der Waals surface area (Å²) in [6.07, 6.45) is 11.5. The van der Waals surface area contributed by atoms with Crippen LogP contribution < -0.4 is 11.2 Å². The van der Waals surface area contributed by atoms with E-state index in [9.17, 15) is 22.8 Å². The van der Waals surface area contributed by atoms with Gasteiger partial charge in [0.25, 0.3) is 5.56 Å². The molecule has 1 saturated carbocycles. The first-order chi connectivity index (χ1) is 23.3. The van der Waals surface area contributed by atoms with Gasteiger partial charge in [-0.25, -0.2) is 32.9 Å². The van der Waals surface area contributed by atoms with E-state index >= 15 is 0 Å².